The van der Waals surface area contributed by atoms with E-state index < -0.39 is 0 Å². The highest BCUT2D eigenvalue weighted by atomic mass is 32.2. The number of benzene rings is 1. The van der Waals surface area contributed by atoms with Crippen molar-refractivity contribution in [1.29, 1.82) is 0 Å². The van der Waals surface area contributed by atoms with E-state index in [1.54, 1.807) is 0 Å². The Balaban J connectivity index is 2.16. The molecule has 66 valence electrons. The molecular weight excluding hydrogens is 204 g/mol. The average Bonchev–Trinajstić information content (AvgIpc) is 2.14. The number of rotatable bonds is 5. The summed E-state index contributed by atoms with van der Waals surface area (Å²) >= 11 is 7.93. The molecule has 0 spiro atoms. The van der Waals surface area contributed by atoms with E-state index in [1.165, 1.54) is 5.56 Å². The average molecular weight is 216 g/mol. The quantitative estimate of drug-likeness (QED) is 0.454. The van der Waals surface area contributed by atoms with Crippen LogP contribution in [-0.2, 0) is 5.75 Å². The maximum Gasteiger partial charge on any atom is 0.0403 e. The molecule has 0 aliphatic carbocycles. The topological polar surface area (TPSA) is 0 Å². The van der Waals surface area contributed by atoms with Gasteiger partial charge in [0.05, 0.1) is 0 Å². The molecule has 0 amide bonds. The first kappa shape index (κ1) is 10.4. The van der Waals surface area contributed by atoms with Crippen LogP contribution >= 0.6 is 36.2 Å². The van der Waals surface area contributed by atoms with Crippen LogP contribution < -0.4 is 0 Å². The van der Waals surface area contributed by atoms with Gasteiger partial charge in [0.1, 0.15) is 0 Å². The monoisotopic (exact) mass is 216 g/mol. The van der Waals surface area contributed by atoms with E-state index >= 15 is 0 Å². The van der Waals surface area contributed by atoms with E-state index in [0.717, 1.165) is 15.9 Å². The van der Waals surface area contributed by atoms with Crippen molar-refractivity contribution < 1.29 is 0 Å². The third kappa shape index (κ3) is 4.33. The van der Waals surface area contributed by atoms with E-state index in [9.17, 15) is 0 Å². The summed E-state index contributed by atoms with van der Waals surface area (Å²) in [5.41, 5.74) is 1.40. The predicted octanol–water partition coefficient (Wildman–Crippen LogP) is 3.50. The van der Waals surface area contributed by atoms with Gasteiger partial charge in [-0.3, -0.25) is 0 Å². The first-order valence-electron chi connectivity index (χ1n) is 3.74. The van der Waals surface area contributed by atoms with Crippen molar-refractivity contribution in [2.75, 3.05) is 10.2 Å². The summed E-state index contributed by atoms with van der Waals surface area (Å²) in [6.07, 6.45) is 0. The van der Waals surface area contributed by atoms with Crippen molar-refractivity contribution in [2.45, 2.75) is 5.75 Å². The summed E-state index contributed by atoms with van der Waals surface area (Å²) in [4.78, 5) is 0. The van der Waals surface area contributed by atoms with Gasteiger partial charge in [-0.2, -0.15) is 12.6 Å². The van der Waals surface area contributed by atoms with Gasteiger partial charge in [0, 0.05) is 15.9 Å². The molecule has 1 aromatic carbocycles. The predicted molar refractivity (Wildman–Crippen MR) is 64.0 cm³/mol. The standard InChI is InChI=1S/C9H12S3/c10-7-12-8-11-6-9-4-2-1-3-5-9/h1-5,10H,6-8H2. The summed E-state index contributed by atoms with van der Waals surface area (Å²) in [6.45, 7) is 0. The van der Waals surface area contributed by atoms with Gasteiger partial charge in [-0.05, 0) is 5.56 Å². The van der Waals surface area contributed by atoms with Crippen LogP contribution in [0.2, 0.25) is 0 Å². The smallest absolute Gasteiger partial charge is 0.0403 e. The highest BCUT2D eigenvalue weighted by molar-refractivity contribution is 8.19. The zero-order valence-electron chi connectivity index (χ0n) is 6.77. The fourth-order valence-electron chi connectivity index (χ4n) is 0.830. The number of hydrogen-bond donors (Lipinski definition) is 1. The molecule has 0 saturated heterocycles. The lowest BCUT2D eigenvalue weighted by atomic mass is 10.2. The van der Waals surface area contributed by atoms with Gasteiger partial charge in [-0.1, -0.05) is 30.3 Å². The van der Waals surface area contributed by atoms with Crippen molar-refractivity contribution >= 4 is 36.2 Å². The lowest BCUT2D eigenvalue weighted by Crippen LogP contribution is -1.79. The molecule has 0 unspecified atom stereocenters. The second kappa shape index (κ2) is 6.75. The van der Waals surface area contributed by atoms with Gasteiger partial charge in [0.2, 0.25) is 0 Å². The normalized spacial score (nSPS) is 10.1. The molecule has 0 saturated carbocycles. The molecule has 0 bridgehead atoms. The zero-order chi connectivity index (χ0) is 8.65. The van der Waals surface area contributed by atoms with E-state index in [-0.39, 0.29) is 0 Å². The van der Waals surface area contributed by atoms with Crippen molar-refractivity contribution in [3.63, 3.8) is 0 Å². The zero-order valence-corrected chi connectivity index (χ0v) is 9.30. The minimum Gasteiger partial charge on any atom is -0.168 e. The Hall–Kier alpha value is 0.270. The summed E-state index contributed by atoms with van der Waals surface area (Å²) in [6, 6.07) is 10.6. The summed E-state index contributed by atoms with van der Waals surface area (Å²) in [7, 11) is 0. The van der Waals surface area contributed by atoms with E-state index in [4.69, 9.17) is 0 Å². The van der Waals surface area contributed by atoms with Gasteiger partial charge in [-0.25, -0.2) is 0 Å². The number of thiol groups is 1. The molecule has 0 atom stereocenters. The Kier molecular flexibility index (Phi) is 5.82. The molecule has 0 radical (unpaired) electrons. The highest BCUT2D eigenvalue weighted by Crippen LogP contribution is 2.17. The number of thioether (sulfide) groups is 2. The van der Waals surface area contributed by atoms with Gasteiger partial charge >= 0.3 is 0 Å². The van der Waals surface area contributed by atoms with Crippen LogP contribution in [0.4, 0.5) is 0 Å². The first-order chi connectivity index (χ1) is 5.93. The molecule has 1 rings (SSSR count). The molecule has 12 heavy (non-hydrogen) atoms. The SMILES string of the molecule is SCSCSCc1ccccc1. The minimum absolute atomic E-state index is 0.918. The van der Waals surface area contributed by atoms with Crippen molar-refractivity contribution in [2.24, 2.45) is 0 Å². The molecular formula is C9H12S3. The van der Waals surface area contributed by atoms with E-state index in [1.807, 2.05) is 23.5 Å². The van der Waals surface area contributed by atoms with Gasteiger partial charge in [0.15, 0.2) is 0 Å². The molecule has 3 heteroatoms. The molecule has 0 N–H and O–H groups in total. The van der Waals surface area contributed by atoms with Crippen LogP contribution in [0.3, 0.4) is 0 Å². The fourth-order valence-corrected chi connectivity index (χ4v) is 3.03. The van der Waals surface area contributed by atoms with E-state index in [2.05, 4.69) is 43.0 Å². The molecule has 0 aliphatic heterocycles. The Labute approximate surface area is 87.9 Å². The first-order valence-corrected chi connectivity index (χ1v) is 6.68. The number of hydrogen-bond acceptors (Lipinski definition) is 3. The molecule has 0 fully saturated rings. The van der Waals surface area contributed by atoms with Gasteiger partial charge < -0.3 is 0 Å². The maximum absolute atomic E-state index is 4.13. The maximum atomic E-state index is 4.13. The van der Waals surface area contributed by atoms with Gasteiger partial charge in [-0.15, -0.1) is 23.5 Å². The highest BCUT2D eigenvalue weighted by Gasteiger charge is 1.90. The van der Waals surface area contributed by atoms with Crippen molar-refractivity contribution in [1.82, 2.24) is 0 Å². The van der Waals surface area contributed by atoms with Crippen LogP contribution in [0.25, 0.3) is 0 Å². The third-order valence-corrected chi connectivity index (χ3v) is 3.97. The fraction of sp³-hybridized carbons (Fsp3) is 0.333. The Morgan fingerprint density at radius 2 is 1.83 bits per heavy atom. The summed E-state index contributed by atoms with van der Waals surface area (Å²) < 4.78 is 0. The second-order valence-corrected chi connectivity index (χ2v) is 5.37. The van der Waals surface area contributed by atoms with Crippen molar-refractivity contribution in [3.05, 3.63) is 35.9 Å². The van der Waals surface area contributed by atoms with Crippen molar-refractivity contribution in [3.8, 4) is 0 Å². The largest absolute Gasteiger partial charge is 0.168 e. The lowest BCUT2D eigenvalue weighted by molar-refractivity contribution is 1.42. The van der Waals surface area contributed by atoms with E-state index in [0.29, 0.717) is 0 Å². The summed E-state index contributed by atoms with van der Waals surface area (Å²) in [5, 5.41) is 2.06. The Morgan fingerprint density at radius 3 is 2.50 bits per heavy atom. The van der Waals surface area contributed by atoms with Crippen LogP contribution in [0, 0.1) is 0 Å². The van der Waals surface area contributed by atoms with Crippen LogP contribution in [-0.4, -0.2) is 10.2 Å². The van der Waals surface area contributed by atoms with Crippen LogP contribution in [0.15, 0.2) is 30.3 Å². The van der Waals surface area contributed by atoms with Crippen LogP contribution in [0.1, 0.15) is 5.56 Å². The Bertz CT molecular complexity index is 198. The van der Waals surface area contributed by atoms with Crippen LogP contribution in [0.5, 0.6) is 0 Å². The molecule has 0 heterocycles. The lowest BCUT2D eigenvalue weighted by Gasteiger charge is -1.99. The molecule has 0 aliphatic rings. The molecule has 0 nitrogen and oxygen atoms in total. The third-order valence-electron chi connectivity index (χ3n) is 1.37. The van der Waals surface area contributed by atoms with Gasteiger partial charge in [0.25, 0.3) is 0 Å². The Morgan fingerprint density at radius 1 is 1.08 bits per heavy atom. The molecule has 1 aromatic rings. The molecule has 0 aromatic heterocycles. The summed E-state index contributed by atoms with van der Waals surface area (Å²) in [5.74, 6) is 1.11. The minimum atomic E-state index is 0.918. The second-order valence-electron chi connectivity index (χ2n) is 2.29.